The number of benzene rings is 1. The van der Waals surface area contributed by atoms with Gasteiger partial charge in [0.2, 0.25) is 0 Å². The molecule has 0 spiro atoms. The number of aromatic nitrogens is 1. The van der Waals surface area contributed by atoms with Crippen molar-refractivity contribution in [2.24, 2.45) is 0 Å². The van der Waals surface area contributed by atoms with Gasteiger partial charge in [-0.05, 0) is 45.4 Å². The van der Waals surface area contributed by atoms with Crippen LogP contribution in [0, 0.1) is 11.6 Å². The SMILES string of the molecule is CCOC(=O)c1nc(-c2c(F)cc(C3(O)COC3)cc2F)sc1NC(=O)OC(C)(C)C. The molecule has 1 saturated heterocycles. The molecule has 0 aliphatic carbocycles. The zero-order chi connectivity index (χ0) is 23.0. The molecule has 1 aliphatic rings. The lowest BCUT2D eigenvalue weighted by Gasteiger charge is -2.36. The minimum Gasteiger partial charge on any atom is -0.461 e. The van der Waals surface area contributed by atoms with Crippen molar-refractivity contribution in [2.45, 2.75) is 38.9 Å². The lowest BCUT2D eigenvalue weighted by Crippen LogP contribution is -2.46. The average Bonchev–Trinajstić information content (AvgIpc) is 3.00. The van der Waals surface area contributed by atoms with E-state index >= 15 is 0 Å². The summed E-state index contributed by atoms with van der Waals surface area (Å²) in [7, 11) is 0. The monoisotopic (exact) mass is 456 g/mol. The summed E-state index contributed by atoms with van der Waals surface area (Å²) in [5.74, 6) is -2.83. The van der Waals surface area contributed by atoms with Crippen LogP contribution in [-0.2, 0) is 19.8 Å². The highest BCUT2D eigenvalue weighted by atomic mass is 32.1. The van der Waals surface area contributed by atoms with Crippen LogP contribution in [-0.4, -0.2) is 47.6 Å². The second kappa shape index (κ2) is 8.48. The highest BCUT2D eigenvalue weighted by Crippen LogP contribution is 2.38. The van der Waals surface area contributed by atoms with Gasteiger partial charge in [0.25, 0.3) is 0 Å². The Labute approximate surface area is 181 Å². The summed E-state index contributed by atoms with van der Waals surface area (Å²) in [6.45, 7) is 6.45. The predicted molar refractivity (Wildman–Crippen MR) is 108 cm³/mol. The highest BCUT2D eigenvalue weighted by molar-refractivity contribution is 7.19. The summed E-state index contributed by atoms with van der Waals surface area (Å²) in [6, 6.07) is 1.99. The molecule has 3 rings (SSSR count). The molecule has 0 unspecified atom stereocenters. The Bertz CT molecular complexity index is 991. The molecular formula is C20H22F2N2O6S. The van der Waals surface area contributed by atoms with Crippen LogP contribution >= 0.6 is 11.3 Å². The van der Waals surface area contributed by atoms with Gasteiger partial charge in [-0.2, -0.15) is 0 Å². The van der Waals surface area contributed by atoms with E-state index in [9.17, 15) is 23.5 Å². The Hall–Kier alpha value is -2.63. The quantitative estimate of drug-likeness (QED) is 0.659. The molecule has 168 valence electrons. The molecule has 11 heteroatoms. The standard InChI is InChI=1S/C20H22F2N2O6S/c1-5-29-17(25)14-16(24-18(26)30-19(2,3)4)31-15(23-14)13-11(21)6-10(7-12(13)22)20(27)8-28-9-20/h6-7,27H,5,8-9H2,1-4H3,(H,24,26). The van der Waals surface area contributed by atoms with Gasteiger partial charge in [-0.3, -0.25) is 5.32 Å². The second-order valence-corrected chi connectivity index (χ2v) is 8.88. The minimum absolute atomic E-state index is 0.0341. The van der Waals surface area contributed by atoms with E-state index in [2.05, 4.69) is 10.3 Å². The summed E-state index contributed by atoms with van der Waals surface area (Å²) in [6.07, 6.45) is -0.864. The van der Waals surface area contributed by atoms with E-state index in [0.717, 1.165) is 12.1 Å². The fourth-order valence-corrected chi connectivity index (χ4v) is 3.74. The lowest BCUT2D eigenvalue weighted by molar-refractivity contribution is -0.184. The number of amides is 1. The molecule has 0 saturated carbocycles. The van der Waals surface area contributed by atoms with Crippen molar-refractivity contribution in [1.82, 2.24) is 4.98 Å². The third-order valence-electron chi connectivity index (χ3n) is 4.19. The molecule has 2 heterocycles. The smallest absolute Gasteiger partial charge is 0.412 e. The van der Waals surface area contributed by atoms with Crippen molar-refractivity contribution in [3.05, 3.63) is 35.0 Å². The molecule has 31 heavy (non-hydrogen) atoms. The molecule has 0 bridgehead atoms. The van der Waals surface area contributed by atoms with Crippen molar-refractivity contribution in [2.75, 3.05) is 25.1 Å². The van der Waals surface area contributed by atoms with Crippen LogP contribution in [0.2, 0.25) is 0 Å². The molecule has 1 aromatic heterocycles. The van der Waals surface area contributed by atoms with Crippen LogP contribution in [0.5, 0.6) is 0 Å². The maximum Gasteiger partial charge on any atom is 0.412 e. The van der Waals surface area contributed by atoms with Crippen LogP contribution in [0.4, 0.5) is 18.6 Å². The number of nitrogens with zero attached hydrogens (tertiary/aromatic N) is 1. The molecular weight excluding hydrogens is 434 g/mol. The molecule has 2 N–H and O–H groups in total. The van der Waals surface area contributed by atoms with E-state index in [1.54, 1.807) is 27.7 Å². The largest absolute Gasteiger partial charge is 0.461 e. The predicted octanol–water partition coefficient (Wildman–Crippen LogP) is 3.83. The number of rotatable bonds is 5. The van der Waals surface area contributed by atoms with E-state index in [4.69, 9.17) is 14.2 Å². The number of anilines is 1. The Kier molecular flexibility index (Phi) is 6.30. The second-order valence-electron chi connectivity index (χ2n) is 7.88. The molecule has 2 aromatic rings. The molecule has 0 radical (unpaired) electrons. The van der Waals surface area contributed by atoms with Crippen LogP contribution in [0.3, 0.4) is 0 Å². The summed E-state index contributed by atoms with van der Waals surface area (Å²) >= 11 is 0.691. The van der Waals surface area contributed by atoms with E-state index in [1.165, 1.54) is 0 Å². The van der Waals surface area contributed by atoms with Gasteiger partial charge >= 0.3 is 12.1 Å². The Morgan fingerprint density at radius 3 is 2.39 bits per heavy atom. The summed E-state index contributed by atoms with van der Waals surface area (Å²) in [5.41, 5.74) is -3.03. The van der Waals surface area contributed by atoms with E-state index in [1.807, 2.05) is 0 Å². The van der Waals surface area contributed by atoms with E-state index in [-0.39, 0.29) is 41.1 Å². The number of aliphatic hydroxyl groups is 1. The normalized spacial score (nSPS) is 15.2. The molecule has 1 aliphatic heterocycles. The van der Waals surface area contributed by atoms with Crippen molar-refractivity contribution in [1.29, 1.82) is 0 Å². The van der Waals surface area contributed by atoms with Crippen molar-refractivity contribution < 1.29 is 37.7 Å². The van der Waals surface area contributed by atoms with Gasteiger partial charge in [-0.1, -0.05) is 11.3 Å². The van der Waals surface area contributed by atoms with Gasteiger partial charge in [0, 0.05) is 0 Å². The maximum atomic E-state index is 14.8. The number of esters is 1. The van der Waals surface area contributed by atoms with Gasteiger partial charge in [0.05, 0.1) is 25.4 Å². The maximum absolute atomic E-state index is 14.8. The Balaban J connectivity index is 2.00. The number of ether oxygens (including phenoxy) is 3. The fourth-order valence-electron chi connectivity index (χ4n) is 2.75. The van der Waals surface area contributed by atoms with Crippen LogP contribution in [0.25, 0.3) is 10.6 Å². The number of carbonyl (C=O) groups is 2. The van der Waals surface area contributed by atoms with E-state index in [0.29, 0.717) is 11.3 Å². The first-order valence-corrected chi connectivity index (χ1v) is 10.2. The van der Waals surface area contributed by atoms with Gasteiger partial charge in [-0.25, -0.2) is 23.4 Å². The number of hydrogen-bond acceptors (Lipinski definition) is 8. The van der Waals surface area contributed by atoms with Crippen molar-refractivity contribution in [3.8, 4) is 10.6 Å². The lowest BCUT2D eigenvalue weighted by atomic mass is 9.91. The van der Waals surface area contributed by atoms with Crippen LogP contribution in [0.1, 0.15) is 43.7 Å². The molecule has 1 amide bonds. The third-order valence-corrected chi connectivity index (χ3v) is 5.17. The summed E-state index contributed by atoms with van der Waals surface area (Å²) in [4.78, 5) is 28.4. The summed E-state index contributed by atoms with van der Waals surface area (Å²) in [5, 5.41) is 12.4. The van der Waals surface area contributed by atoms with Gasteiger partial charge in [0.1, 0.15) is 32.8 Å². The minimum atomic E-state index is -1.46. The average molecular weight is 456 g/mol. The first-order chi connectivity index (χ1) is 14.4. The number of thiazole rings is 1. The Morgan fingerprint density at radius 1 is 1.29 bits per heavy atom. The molecule has 8 nitrogen and oxygen atoms in total. The first-order valence-electron chi connectivity index (χ1n) is 9.41. The molecule has 0 atom stereocenters. The van der Waals surface area contributed by atoms with E-state index < -0.39 is 40.5 Å². The Morgan fingerprint density at radius 2 is 1.90 bits per heavy atom. The highest BCUT2D eigenvalue weighted by Gasteiger charge is 2.39. The number of halogens is 2. The van der Waals surface area contributed by atoms with Crippen LogP contribution in [0.15, 0.2) is 12.1 Å². The third kappa shape index (κ3) is 5.00. The zero-order valence-electron chi connectivity index (χ0n) is 17.4. The van der Waals surface area contributed by atoms with Gasteiger partial charge in [-0.15, -0.1) is 0 Å². The van der Waals surface area contributed by atoms with Crippen molar-refractivity contribution >= 4 is 28.4 Å². The van der Waals surface area contributed by atoms with Crippen LogP contribution < -0.4 is 5.32 Å². The molecule has 1 aromatic carbocycles. The molecule has 1 fully saturated rings. The number of nitrogens with one attached hydrogen (secondary N) is 1. The topological polar surface area (TPSA) is 107 Å². The zero-order valence-corrected chi connectivity index (χ0v) is 18.2. The first kappa shape index (κ1) is 23.0. The van der Waals surface area contributed by atoms with Gasteiger partial charge in [0.15, 0.2) is 5.69 Å². The van der Waals surface area contributed by atoms with Gasteiger partial charge < -0.3 is 19.3 Å². The number of hydrogen-bond donors (Lipinski definition) is 2. The van der Waals surface area contributed by atoms with Crippen molar-refractivity contribution in [3.63, 3.8) is 0 Å². The number of carbonyl (C=O) groups excluding carboxylic acids is 2. The fraction of sp³-hybridized carbons (Fsp3) is 0.450. The summed E-state index contributed by atoms with van der Waals surface area (Å²) < 4.78 is 44.6.